The van der Waals surface area contributed by atoms with Crippen LogP contribution >= 0.6 is 0 Å². The minimum absolute atomic E-state index is 0.366. The maximum absolute atomic E-state index is 13.9. The number of likely N-dealkylation sites (N-methyl/N-ethyl adjacent to an activating group) is 2. The fraction of sp³-hybridized carbons (Fsp3) is 0.714. The lowest BCUT2D eigenvalue weighted by Crippen LogP contribution is -2.37. The summed E-state index contributed by atoms with van der Waals surface area (Å²) in [6, 6.07) is 0.474. The summed E-state index contributed by atoms with van der Waals surface area (Å²) in [7, 11) is 4.01. The summed E-state index contributed by atoms with van der Waals surface area (Å²) in [5, 5.41) is 3.09. The molecule has 0 radical (unpaired) electrons. The standard InChI is InChI=1S/C14H24FN5/c1-4-7-16-14-17-9-12(15)13(18-14)20(3)10-11-6-5-8-19(11)2/h9,11H,4-8,10H2,1-3H3,(H,16,17,18). The van der Waals surface area contributed by atoms with Crippen LogP contribution in [0.2, 0.25) is 0 Å². The van der Waals surface area contributed by atoms with E-state index < -0.39 is 0 Å². The van der Waals surface area contributed by atoms with E-state index in [4.69, 9.17) is 0 Å². The second-order valence-electron chi connectivity index (χ2n) is 5.45. The highest BCUT2D eigenvalue weighted by atomic mass is 19.1. The Labute approximate surface area is 120 Å². The molecule has 1 aliphatic rings. The maximum Gasteiger partial charge on any atom is 0.224 e. The predicted octanol–water partition coefficient (Wildman–Crippen LogP) is 1.97. The van der Waals surface area contributed by atoms with Gasteiger partial charge in [-0.05, 0) is 32.9 Å². The van der Waals surface area contributed by atoms with Crippen molar-refractivity contribution in [1.82, 2.24) is 14.9 Å². The van der Waals surface area contributed by atoms with Crippen molar-refractivity contribution in [3.8, 4) is 0 Å². The van der Waals surface area contributed by atoms with Gasteiger partial charge in [0.1, 0.15) is 0 Å². The van der Waals surface area contributed by atoms with Crippen molar-refractivity contribution in [2.75, 3.05) is 43.9 Å². The molecule has 1 unspecified atom stereocenters. The molecule has 0 amide bonds. The summed E-state index contributed by atoms with van der Waals surface area (Å²) in [5.41, 5.74) is 0. The highest BCUT2D eigenvalue weighted by Gasteiger charge is 2.23. The molecule has 0 spiro atoms. The summed E-state index contributed by atoms with van der Waals surface area (Å²) < 4.78 is 13.9. The largest absolute Gasteiger partial charge is 0.356 e. The fourth-order valence-corrected chi connectivity index (χ4v) is 2.56. The van der Waals surface area contributed by atoms with Gasteiger partial charge in [-0.25, -0.2) is 9.37 Å². The molecule has 1 aliphatic heterocycles. The Bertz CT molecular complexity index is 440. The normalized spacial score (nSPS) is 19.3. The number of hydrogen-bond acceptors (Lipinski definition) is 5. The quantitative estimate of drug-likeness (QED) is 0.863. The van der Waals surface area contributed by atoms with Crippen molar-refractivity contribution >= 4 is 11.8 Å². The highest BCUT2D eigenvalue weighted by Crippen LogP contribution is 2.20. The van der Waals surface area contributed by atoms with Crippen LogP contribution in [0.5, 0.6) is 0 Å². The van der Waals surface area contributed by atoms with E-state index in [2.05, 4.69) is 34.2 Å². The third-order valence-corrected chi connectivity index (χ3v) is 3.78. The van der Waals surface area contributed by atoms with Gasteiger partial charge in [-0.1, -0.05) is 6.92 Å². The minimum atomic E-state index is -0.366. The van der Waals surface area contributed by atoms with E-state index >= 15 is 0 Å². The van der Waals surface area contributed by atoms with Gasteiger partial charge in [-0.2, -0.15) is 4.98 Å². The van der Waals surface area contributed by atoms with E-state index in [1.807, 2.05) is 11.9 Å². The van der Waals surface area contributed by atoms with E-state index in [0.29, 0.717) is 17.8 Å². The topological polar surface area (TPSA) is 44.3 Å². The van der Waals surface area contributed by atoms with Gasteiger partial charge in [0, 0.05) is 26.2 Å². The first-order chi connectivity index (χ1) is 9.61. The van der Waals surface area contributed by atoms with Crippen LogP contribution in [0.15, 0.2) is 6.20 Å². The molecule has 0 saturated carbocycles. The first-order valence-electron chi connectivity index (χ1n) is 7.29. The first kappa shape index (κ1) is 15.0. The van der Waals surface area contributed by atoms with Crippen LogP contribution < -0.4 is 10.2 Å². The average Bonchev–Trinajstić information content (AvgIpc) is 2.83. The summed E-state index contributed by atoms with van der Waals surface area (Å²) in [5.74, 6) is 0.504. The average molecular weight is 281 g/mol. The van der Waals surface area contributed by atoms with Gasteiger partial charge in [0.15, 0.2) is 11.6 Å². The third-order valence-electron chi connectivity index (χ3n) is 3.78. The number of aromatic nitrogens is 2. The number of likely N-dealkylation sites (tertiary alicyclic amines) is 1. The second-order valence-corrected chi connectivity index (χ2v) is 5.45. The lowest BCUT2D eigenvalue weighted by molar-refractivity contribution is 0.313. The molecule has 0 aromatic carbocycles. The van der Waals surface area contributed by atoms with Gasteiger partial charge in [-0.15, -0.1) is 0 Å². The van der Waals surface area contributed by atoms with Crippen LogP contribution in [0.25, 0.3) is 0 Å². The smallest absolute Gasteiger partial charge is 0.224 e. The third kappa shape index (κ3) is 3.56. The van der Waals surface area contributed by atoms with Gasteiger partial charge < -0.3 is 15.1 Å². The molecule has 5 nitrogen and oxygen atoms in total. The SMILES string of the molecule is CCCNc1ncc(F)c(N(C)CC2CCCN2C)n1. The summed E-state index contributed by atoms with van der Waals surface area (Å²) >= 11 is 0. The zero-order valence-electron chi connectivity index (χ0n) is 12.6. The number of anilines is 2. The molecule has 0 bridgehead atoms. The molecule has 1 saturated heterocycles. The van der Waals surface area contributed by atoms with Gasteiger partial charge in [0.05, 0.1) is 6.20 Å². The molecular formula is C14H24FN5. The van der Waals surface area contributed by atoms with E-state index in [0.717, 1.165) is 32.5 Å². The summed E-state index contributed by atoms with van der Waals surface area (Å²) in [4.78, 5) is 12.5. The molecule has 1 aromatic rings. The van der Waals surface area contributed by atoms with Crippen LogP contribution in [-0.4, -0.2) is 54.6 Å². The molecular weight excluding hydrogens is 257 g/mol. The van der Waals surface area contributed by atoms with Crippen LogP contribution in [0, 0.1) is 5.82 Å². The van der Waals surface area contributed by atoms with Gasteiger partial charge in [0.2, 0.25) is 5.95 Å². The Morgan fingerprint density at radius 3 is 3.00 bits per heavy atom. The van der Waals surface area contributed by atoms with Crippen molar-refractivity contribution in [1.29, 1.82) is 0 Å². The lowest BCUT2D eigenvalue weighted by Gasteiger charge is -2.26. The Kier molecular flexibility index (Phi) is 5.11. The number of rotatable bonds is 6. The van der Waals surface area contributed by atoms with E-state index in [-0.39, 0.29) is 5.82 Å². The molecule has 1 fully saturated rings. The molecule has 1 atom stereocenters. The predicted molar refractivity (Wildman–Crippen MR) is 79.7 cm³/mol. The van der Waals surface area contributed by atoms with Crippen LogP contribution in [-0.2, 0) is 0 Å². The highest BCUT2D eigenvalue weighted by molar-refractivity contribution is 5.43. The molecule has 0 aliphatic carbocycles. The second kappa shape index (κ2) is 6.83. The van der Waals surface area contributed by atoms with Crippen molar-refractivity contribution < 1.29 is 4.39 Å². The van der Waals surface area contributed by atoms with Gasteiger partial charge in [0.25, 0.3) is 0 Å². The molecule has 1 N–H and O–H groups in total. The number of nitrogens with zero attached hydrogens (tertiary/aromatic N) is 4. The van der Waals surface area contributed by atoms with E-state index in [1.54, 1.807) is 0 Å². The Balaban J connectivity index is 2.05. The van der Waals surface area contributed by atoms with E-state index in [9.17, 15) is 4.39 Å². The maximum atomic E-state index is 13.9. The van der Waals surface area contributed by atoms with Crippen molar-refractivity contribution in [2.24, 2.45) is 0 Å². The molecule has 1 aromatic heterocycles. The number of hydrogen-bond donors (Lipinski definition) is 1. The monoisotopic (exact) mass is 281 g/mol. The number of halogens is 1. The van der Waals surface area contributed by atoms with Crippen molar-refractivity contribution in [3.05, 3.63) is 12.0 Å². The lowest BCUT2D eigenvalue weighted by atomic mass is 10.2. The zero-order valence-corrected chi connectivity index (χ0v) is 12.6. The van der Waals surface area contributed by atoms with Crippen LogP contribution in [0.4, 0.5) is 16.2 Å². The fourth-order valence-electron chi connectivity index (χ4n) is 2.56. The van der Waals surface area contributed by atoms with Crippen molar-refractivity contribution in [3.63, 3.8) is 0 Å². The molecule has 6 heteroatoms. The Morgan fingerprint density at radius 1 is 1.55 bits per heavy atom. The Morgan fingerprint density at radius 2 is 2.35 bits per heavy atom. The molecule has 20 heavy (non-hydrogen) atoms. The number of nitrogens with one attached hydrogen (secondary N) is 1. The van der Waals surface area contributed by atoms with Crippen molar-refractivity contribution in [2.45, 2.75) is 32.2 Å². The molecule has 2 heterocycles. The zero-order chi connectivity index (χ0) is 14.5. The van der Waals surface area contributed by atoms with E-state index in [1.165, 1.54) is 12.6 Å². The molecule has 2 rings (SSSR count). The first-order valence-corrected chi connectivity index (χ1v) is 7.29. The summed E-state index contributed by atoms with van der Waals surface area (Å²) in [6.45, 7) is 4.77. The molecule has 112 valence electrons. The van der Waals surface area contributed by atoms with Gasteiger partial charge in [-0.3, -0.25) is 0 Å². The Hall–Kier alpha value is -1.43. The van der Waals surface area contributed by atoms with Gasteiger partial charge >= 0.3 is 0 Å². The summed E-state index contributed by atoms with van der Waals surface area (Å²) in [6.07, 6.45) is 4.60. The van der Waals surface area contributed by atoms with Crippen LogP contribution in [0.3, 0.4) is 0 Å². The van der Waals surface area contributed by atoms with Crippen LogP contribution in [0.1, 0.15) is 26.2 Å². The minimum Gasteiger partial charge on any atom is -0.356 e.